The Bertz CT molecular complexity index is 189. The van der Waals surface area contributed by atoms with E-state index in [4.69, 9.17) is 9.84 Å². The highest BCUT2D eigenvalue weighted by Gasteiger charge is 2.13. The second-order valence-electron chi connectivity index (χ2n) is 6.25. The highest BCUT2D eigenvalue weighted by atomic mass is 35.5. The normalized spacial score (nSPS) is 11.4. The number of quaternary nitrogens is 1. The van der Waals surface area contributed by atoms with E-state index in [-0.39, 0.29) is 19.0 Å². The second-order valence-corrected chi connectivity index (χ2v) is 6.25. The molecule has 0 atom stereocenters. The van der Waals surface area contributed by atoms with Crippen LogP contribution >= 0.6 is 0 Å². The number of aliphatic hydroxyl groups is 1. The fourth-order valence-corrected chi connectivity index (χ4v) is 2.21. The monoisotopic (exact) mass is 309 g/mol. The average Bonchev–Trinajstić information content (AvgIpc) is 2.38. The van der Waals surface area contributed by atoms with Gasteiger partial charge >= 0.3 is 0 Å². The number of hydrogen-bond acceptors (Lipinski definition) is 2. The van der Waals surface area contributed by atoms with E-state index in [1.54, 1.807) is 0 Å². The van der Waals surface area contributed by atoms with Crippen LogP contribution in [0.2, 0.25) is 0 Å². The number of halogens is 1. The summed E-state index contributed by atoms with van der Waals surface area (Å²) in [5, 5.41) is 8.82. The molecule has 1 N–H and O–H groups in total. The molecule has 124 valence electrons. The van der Waals surface area contributed by atoms with Crippen LogP contribution in [0.25, 0.3) is 0 Å². The lowest BCUT2D eigenvalue weighted by Gasteiger charge is -2.28. The van der Waals surface area contributed by atoms with E-state index in [0.717, 1.165) is 30.8 Å². The maximum absolute atomic E-state index is 8.82. The quantitative estimate of drug-likeness (QED) is 0.289. The van der Waals surface area contributed by atoms with E-state index in [1.165, 1.54) is 51.4 Å². The standard InChI is InChI=1S/C16H36NO2.ClH/c1-4-5-6-7-8-9-10-11-15-19-16-17(2,3)13-12-14-18;/h18H,4-16H2,1-3H3;1H/q+1;/p-1. The Morgan fingerprint density at radius 2 is 1.40 bits per heavy atom. The van der Waals surface area contributed by atoms with Crippen LogP contribution in [-0.2, 0) is 4.74 Å². The maximum Gasteiger partial charge on any atom is 0.182 e. The van der Waals surface area contributed by atoms with Gasteiger partial charge in [0.25, 0.3) is 0 Å². The predicted octanol–water partition coefficient (Wildman–Crippen LogP) is 0.564. The Balaban J connectivity index is 0. The topological polar surface area (TPSA) is 29.5 Å². The van der Waals surface area contributed by atoms with Crippen LogP contribution in [0.3, 0.4) is 0 Å². The van der Waals surface area contributed by atoms with E-state index in [1.807, 2.05) is 0 Å². The summed E-state index contributed by atoms with van der Waals surface area (Å²) < 4.78 is 6.58. The molecule has 0 aromatic rings. The van der Waals surface area contributed by atoms with Crippen LogP contribution < -0.4 is 12.4 Å². The molecule has 0 aliphatic rings. The summed E-state index contributed by atoms with van der Waals surface area (Å²) in [6, 6.07) is 0. The van der Waals surface area contributed by atoms with Crippen molar-refractivity contribution in [2.24, 2.45) is 0 Å². The lowest BCUT2D eigenvalue weighted by atomic mass is 10.1. The van der Waals surface area contributed by atoms with Gasteiger partial charge in [0.05, 0.1) is 27.2 Å². The maximum atomic E-state index is 8.82. The Morgan fingerprint density at radius 3 is 1.95 bits per heavy atom. The van der Waals surface area contributed by atoms with Gasteiger partial charge in [0.1, 0.15) is 0 Å². The van der Waals surface area contributed by atoms with Gasteiger partial charge in [-0.25, -0.2) is 0 Å². The molecule has 0 aliphatic heterocycles. The first kappa shape index (κ1) is 22.5. The van der Waals surface area contributed by atoms with E-state index in [2.05, 4.69) is 21.0 Å². The van der Waals surface area contributed by atoms with Gasteiger partial charge in [-0.2, -0.15) is 0 Å². The van der Waals surface area contributed by atoms with Crippen molar-refractivity contribution >= 4 is 0 Å². The number of unbranched alkanes of at least 4 members (excludes halogenated alkanes) is 7. The van der Waals surface area contributed by atoms with Crippen LogP contribution in [0, 0.1) is 0 Å². The Labute approximate surface area is 132 Å². The van der Waals surface area contributed by atoms with Crippen LogP contribution in [0.4, 0.5) is 0 Å². The molecule has 4 heteroatoms. The molecule has 0 radical (unpaired) electrons. The third-order valence-electron chi connectivity index (χ3n) is 3.50. The van der Waals surface area contributed by atoms with Gasteiger partial charge < -0.3 is 26.7 Å². The summed E-state index contributed by atoms with van der Waals surface area (Å²) in [6.07, 6.45) is 11.6. The molecule has 0 rings (SSSR count). The first-order chi connectivity index (χ1) is 9.12. The van der Waals surface area contributed by atoms with Gasteiger partial charge in [0.15, 0.2) is 6.73 Å². The summed E-state index contributed by atoms with van der Waals surface area (Å²) in [6.45, 7) is 5.16. The van der Waals surface area contributed by atoms with Gasteiger partial charge in [0.2, 0.25) is 0 Å². The van der Waals surface area contributed by atoms with Crippen LogP contribution in [0.5, 0.6) is 0 Å². The summed E-state index contributed by atoms with van der Waals surface area (Å²) in [4.78, 5) is 0. The molecule has 0 amide bonds. The van der Waals surface area contributed by atoms with Crippen LogP contribution in [-0.4, -0.2) is 50.2 Å². The largest absolute Gasteiger partial charge is 1.00 e. The fraction of sp³-hybridized carbons (Fsp3) is 1.00. The summed E-state index contributed by atoms with van der Waals surface area (Å²) >= 11 is 0. The molecule has 0 unspecified atom stereocenters. The molecule has 0 bridgehead atoms. The Hall–Kier alpha value is 0.170. The van der Waals surface area contributed by atoms with E-state index >= 15 is 0 Å². The van der Waals surface area contributed by atoms with Crippen molar-refractivity contribution in [1.29, 1.82) is 0 Å². The molecule has 0 fully saturated rings. The minimum absolute atomic E-state index is 0. The van der Waals surface area contributed by atoms with Gasteiger partial charge in [-0.05, 0) is 6.42 Å². The SMILES string of the molecule is CCCCCCCCCCOC[N+](C)(C)CCCO.[Cl-]. The molecule has 0 aliphatic carbocycles. The lowest BCUT2D eigenvalue weighted by Crippen LogP contribution is -3.00. The number of aliphatic hydroxyl groups excluding tert-OH is 1. The van der Waals surface area contributed by atoms with Gasteiger partial charge in [-0.15, -0.1) is 0 Å². The van der Waals surface area contributed by atoms with Crippen molar-refractivity contribution in [3.63, 3.8) is 0 Å². The van der Waals surface area contributed by atoms with Crippen LogP contribution in [0.15, 0.2) is 0 Å². The van der Waals surface area contributed by atoms with Gasteiger partial charge in [0, 0.05) is 13.0 Å². The Morgan fingerprint density at radius 1 is 0.850 bits per heavy atom. The molecule has 0 spiro atoms. The van der Waals surface area contributed by atoms with Gasteiger partial charge in [-0.1, -0.05) is 51.9 Å². The molecule has 0 heterocycles. The third-order valence-corrected chi connectivity index (χ3v) is 3.50. The average molecular weight is 310 g/mol. The first-order valence-corrected chi connectivity index (χ1v) is 8.13. The van der Waals surface area contributed by atoms with Crippen molar-refractivity contribution in [3.8, 4) is 0 Å². The van der Waals surface area contributed by atoms with Crippen LogP contribution in [0.1, 0.15) is 64.7 Å². The highest BCUT2D eigenvalue weighted by Crippen LogP contribution is 2.08. The molecule has 0 saturated carbocycles. The number of ether oxygens (including phenoxy) is 1. The minimum Gasteiger partial charge on any atom is -1.00 e. The summed E-state index contributed by atoms with van der Waals surface area (Å²) in [5.74, 6) is 0. The molecule has 0 saturated heterocycles. The number of nitrogens with zero attached hydrogens (tertiary/aromatic N) is 1. The van der Waals surface area contributed by atoms with E-state index in [9.17, 15) is 0 Å². The zero-order valence-electron chi connectivity index (χ0n) is 13.9. The summed E-state index contributed by atoms with van der Waals surface area (Å²) in [5.41, 5.74) is 0. The smallest absolute Gasteiger partial charge is 0.182 e. The van der Waals surface area contributed by atoms with Crippen molar-refractivity contribution in [2.75, 3.05) is 40.6 Å². The first-order valence-electron chi connectivity index (χ1n) is 8.13. The molecular weight excluding hydrogens is 274 g/mol. The molecule has 20 heavy (non-hydrogen) atoms. The molecule has 0 aromatic heterocycles. The Kier molecular flexibility index (Phi) is 17.5. The second kappa shape index (κ2) is 15.6. The van der Waals surface area contributed by atoms with E-state index < -0.39 is 0 Å². The zero-order valence-corrected chi connectivity index (χ0v) is 14.6. The zero-order chi connectivity index (χ0) is 14.4. The van der Waals surface area contributed by atoms with Crippen molar-refractivity contribution in [1.82, 2.24) is 0 Å². The summed E-state index contributed by atoms with van der Waals surface area (Å²) in [7, 11) is 4.31. The van der Waals surface area contributed by atoms with Crippen molar-refractivity contribution < 1.29 is 26.7 Å². The lowest BCUT2D eigenvalue weighted by molar-refractivity contribution is -0.909. The third kappa shape index (κ3) is 16.2. The number of hydrogen-bond donors (Lipinski definition) is 1. The van der Waals surface area contributed by atoms with E-state index in [0.29, 0.717) is 0 Å². The van der Waals surface area contributed by atoms with Crippen molar-refractivity contribution in [2.45, 2.75) is 64.7 Å². The predicted molar refractivity (Wildman–Crippen MR) is 82.1 cm³/mol. The molecular formula is C16H36ClNO2. The van der Waals surface area contributed by atoms with Crippen molar-refractivity contribution in [3.05, 3.63) is 0 Å². The highest BCUT2D eigenvalue weighted by molar-refractivity contribution is 4.45. The van der Waals surface area contributed by atoms with Gasteiger partial charge in [-0.3, -0.25) is 0 Å². The fourth-order valence-electron chi connectivity index (χ4n) is 2.21. The minimum atomic E-state index is 0. The molecule has 0 aromatic carbocycles. The number of rotatable bonds is 14. The molecule has 3 nitrogen and oxygen atoms in total.